The Balaban J connectivity index is 1.88. The Labute approximate surface area is 147 Å². The Hall–Kier alpha value is -2.72. The van der Waals surface area contributed by atoms with Gasteiger partial charge in [-0.05, 0) is 54.6 Å². The van der Waals surface area contributed by atoms with E-state index < -0.39 is 5.91 Å². The number of primary amides is 1. The first-order valence-electron chi connectivity index (χ1n) is 8.68. The largest absolute Gasteiger partial charge is 0.366 e. The number of fused-ring (bicyclic) bond motifs is 1. The van der Waals surface area contributed by atoms with Gasteiger partial charge in [0.05, 0.1) is 5.69 Å². The predicted molar refractivity (Wildman–Crippen MR) is 99.5 cm³/mol. The zero-order valence-corrected chi connectivity index (χ0v) is 14.0. The second-order valence-electron chi connectivity index (χ2n) is 6.64. The van der Waals surface area contributed by atoms with E-state index in [4.69, 9.17) is 10.7 Å². The molecule has 0 radical (unpaired) electrons. The SMILES string of the molecule is NC(=O)c1ccc2c([C@H](c3ccccc3)[C@@H]3CCNC3)nccc2c1. The number of nitrogens with zero attached hydrogens (tertiary/aromatic N) is 1. The van der Waals surface area contributed by atoms with Gasteiger partial charge < -0.3 is 11.1 Å². The normalized spacial score (nSPS) is 18.3. The molecule has 1 fully saturated rings. The maximum absolute atomic E-state index is 11.5. The second-order valence-corrected chi connectivity index (χ2v) is 6.64. The third-order valence-electron chi connectivity index (χ3n) is 5.10. The minimum atomic E-state index is -0.403. The first-order chi connectivity index (χ1) is 12.2. The van der Waals surface area contributed by atoms with Crippen molar-refractivity contribution >= 4 is 16.7 Å². The Morgan fingerprint density at radius 1 is 1.16 bits per heavy atom. The lowest BCUT2D eigenvalue weighted by atomic mass is 9.81. The molecule has 0 aliphatic carbocycles. The van der Waals surface area contributed by atoms with Gasteiger partial charge in [-0.1, -0.05) is 36.4 Å². The highest BCUT2D eigenvalue weighted by Gasteiger charge is 2.29. The summed E-state index contributed by atoms with van der Waals surface area (Å²) in [6.07, 6.45) is 2.97. The molecule has 0 unspecified atom stereocenters. The summed E-state index contributed by atoms with van der Waals surface area (Å²) < 4.78 is 0. The number of pyridine rings is 1. The molecule has 3 N–H and O–H groups in total. The van der Waals surface area contributed by atoms with E-state index in [-0.39, 0.29) is 5.92 Å². The molecule has 4 rings (SSSR count). The molecule has 2 atom stereocenters. The molecule has 2 heterocycles. The number of aromatic nitrogens is 1. The fourth-order valence-corrected chi connectivity index (χ4v) is 3.88. The molecule has 25 heavy (non-hydrogen) atoms. The summed E-state index contributed by atoms with van der Waals surface area (Å²) >= 11 is 0. The van der Waals surface area contributed by atoms with Crippen molar-refractivity contribution in [3.05, 3.63) is 77.6 Å². The minimum absolute atomic E-state index is 0.235. The molecule has 0 saturated carbocycles. The van der Waals surface area contributed by atoms with Gasteiger partial charge >= 0.3 is 0 Å². The van der Waals surface area contributed by atoms with Crippen molar-refractivity contribution in [1.82, 2.24) is 10.3 Å². The van der Waals surface area contributed by atoms with Crippen LogP contribution >= 0.6 is 0 Å². The molecular formula is C21H21N3O. The third-order valence-corrected chi connectivity index (χ3v) is 5.10. The maximum atomic E-state index is 11.5. The molecular weight excluding hydrogens is 310 g/mol. The average molecular weight is 331 g/mol. The summed E-state index contributed by atoms with van der Waals surface area (Å²) in [5, 5.41) is 5.57. The van der Waals surface area contributed by atoms with E-state index in [0.717, 1.165) is 36.0 Å². The zero-order chi connectivity index (χ0) is 17.2. The maximum Gasteiger partial charge on any atom is 0.248 e. The highest BCUT2D eigenvalue weighted by molar-refractivity contribution is 5.98. The van der Waals surface area contributed by atoms with E-state index in [1.54, 1.807) is 6.07 Å². The van der Waals surface area contributed by atoms with Crippen LogP contribution in [-0.4, -0.2) is 24.0 Å². The van der Waals surface area contributed by atoms with E-state index in [0.29, 0.717) is 11.5 Å². The lowest BCUT2D eigenvalue weighted by Gasteiger charge is -2.24. The highest BCUT2D eigenvalue weighted by Crippen LogP contribution is 2.37. The number of carbonyl (C=O) groups excluding carboxylic acids is 1. The fraction of sp³-hybridized carbons (Fsp3) is 0.238. The standard InChI is InChI=1S/C21H21N3O/c22-21(25)16-6-7-18-15(12-16)9-11-24-20(18)19(17-8-10-23-13-17)14-4-2-1-3-5-14/h1-7,9,11-12,17,19,23H,8,10,13H2,(H2,22,25)/t17-,19-/m1/s1. The lowest BCUT2D eigenvalue weighted by Crippen LogP contribution is -2.19. The van der Waals surface area contributed by atoms with Crippen molar-refractivity contribution < 1.29 is 4.79 Å². The summed E-state index contributed by atoms with van der Waals surface area (Å²) in [4.78, 5) is 16.3. The molecule has 3 aromatic rings. The quantitative estimate of drug-likeness (QED) is 0.772. The number of nitrogens with two attached hydrogens (primary N) is 1. The summed E-state index contributed by atoms with van der Waals surface area (Å²) in [6, 6.07) is 18.2. The van der Waals surface area contributed by atoms with Gasteiger partial charge in [0.15, 0.2) is 0 Å². The average Bonchev–Trinajstić information content (AvgIpc) is 3.17. The fourth-order valence-electron chi connectivity index (χ4n) is 3.88. The van der Waals surface area contributed by atoms with Crippen LogP contribution in [0.25, 0.3) is 10.8 Å². The molecule has 0 bridgehead atoms. The van der Waals surface area contributed by atoms with E-state index in [1.165, 1.54) is 5.56 Å². The number of hydrogen-bond acceptors (Lipinski definition) is 3. The van der Waals surface area contributed by atoms with Crippen molar-refractivity contribution in [2.75, 3.05) is 13.1 Å². The first kappa shape index (κ1) is 15.8. The van der Waals surface area contributed by atoms with Crippen LogP contribution in [0, 0.1) is 5.92 Å². The molecule has 4 nitrogen and oxygen atoms in total. The second kappa shape index (κ2) is 6.65. The predicted octanol–water partition coefficient (Wildman–Crippen LogP) is 3.08. The van der Waals surface area contributed by atoms with Crippen molar-refractivity contribution in [2.24, 2.45) is 11.7 Å². The molecule has 1 amide bonds. The zero-order valence-electron chi connectivity index (χ0n) is 14.0. The van der Waals surface area contributed by atoms with Crippen LogP contribution in [-0.2, 0) is 0 Å². The van der Waals surface area contributed by atoms with Gasteiger partial charge in [0.1, 0.15) is 0 Å². The molecule has 1 aliphatic heterocycles. The Kier molecular flexibility index (Phi) is 4.20. The summed E-state index contributed by atoms with van der Waals surface area (Å²) in [5.74, 6) is 0.343. The Morgan fingerprint density at radius 3 is 2.72 bits per heavy atom. The van der Waals surface area contributed by atoms with Crippen LogP contribution in [0.2, 0.25) is 0 Å². The molecule has 1 aromatic heterocycles. The van der Waals surface area contributed by atoms with Gasteiger partial charge in [-0.15, -0.1) is 0 Å². The number of amides is 1. The Morgan fingerprint density at radius 2 is 2.00 bits per heavy atom. The number of carbonyl (C=O) groups is 1. The van der Waals surface area contributed by atoms with Gasteiger partial charge in [0.2, 0.25) is 5.91 Å². The number of rotatable bonds is 4. The topological polar surface area (TPSA) is 68.0 Å². The van der Waals surface area contributed by atoms with E-state index in [9.17, 15) is 4.79 Å². The van der Waals surface area contributed by atoms with Crippen LogP contribution in [0.4, 0.5) is 0 Å². The van der Waals surface area contributed by atoms with Crippen molar-refractivity contribution in [3.8, 4) is 0 Å². The van der Waals surface area contributed by atoms with Crippen LogP contribution in [0.15, 0.2) is 60.8 Å². The van der Waals surface area contributed by atoms with Gasteiger partial charge in [-0.25, -0.2) is 0 Å². The van der Waals surface area contributed by atoms with Crippen molar-refractivity contribution in [1.29, 1.82) is 0 Å². The monoisotopic (exact) mass is 331 g/mol. The first-order valence-corrected chi connectivity index (χ1v) is 8.68. The summed E-state index contributed by atoms with van der Waals surface area (Å²) in [6.45, 7) is 2.04. The van der Waals surface area contributed by atoms with Crippen LogP contribution < -0.4 is 11.1 Å². The van der Waals surface area contributed by atoms with Gasteiger partial charge in [-0.2, -0.15) is 0 Å². The minimum Gasteiger partial charge on any atom is -0.366 e. The van der Waals surface area contributed by atoms with E-state index >= 15 is 0 Å². The summed E-state index contributed by atoms with van der Waals surface area (Å²) in [7, 11) is 0. The third kappa shape index (κ3) is 3.01. The molecule has 4 heteroatoms. The lowest BCUT2D eigenvalue weighted by molar-refractivity contribution is 0.100. The highest BCUT2D eigenvalue weighted by atomic mass is 16.1. The van der Waals surface area contributed by atoms with Gasteiger partial charge in [0, 0.05) is 23.1 Å². The number of nitrogens with one attached hydrogen (secondary N) is 1. The number of hydrogen-bond donors (Lipinski definition) is 2. The van der Waals surface area contributed by atoms with Crippen LogP contribution in [0.1, 0.15) is 34.0 Å². The van der Waals surface area contributed by atoms with Crippen molar-refractivity contribution in [3.63, 3.8) is 0 Å². The molecule has 1 saturated heterocycles. The Bertz CT molecular complexity index is 901. The summed E-state index contributed by atoms with van der Waals surface area (Å²) in [5.41, 5.74) is 8.33. The van der Waals surface area contributed by atoms with Gasteiger partial charge in [0.25, 0.3) is 0 Å². The number of benzene rings is 2. The van der Waals surface area contributed by atoms with Crippen molar-refractivity contribution in [2.45, 2.75) is 12.3 Å². The molecule has 2 aromatic carbocycles. The molecule has 1 aliphatic rings. The molecule has 126 valence electrons. The van der Waals surface area contributed by atoms with Crippen LogP contribution in [0.5, 0.6) is 0 Å². The van der Waals surface area contributed by atoms with Gasteiger partial charge in [-0.3, -0.25) is 9.78 Å². The van der Waals surface area contributed by atoms with E-state index in [2.05, 4.69) is 29.6 Å². The van der Waals surface area contributed by atoms with Crippen LogP contribution in [0.3, 0.4) is 0 Å². The molecule has 0 spiro atoms. The van der Waals surface area contributed by atoms with E-state index in [1.807, 2.05) is 30.5 Å². The smallest absolute Gasteiger partial charge is 0.248 e.